The van der Waals surface area contributed by atoms with Gasteiger partial charge in [0.25, 0.3) is 0 Å². The van der Waals surface area contributed by atoms with Gasteiger partial charge in [0.2, 0.25) is 0 Å². The van der Waals surface area contributed by atoms with Crippen LogP contribution in [0, 0.1) is 0 Å². The quantitative estimate of drug-likeness (QED) is 0.629. The highest BCUT2D eigenvalue weighted by Crippen LogP contribution is 2.23. The highest BCUT2D eigenvalue weighted by atomic mass is 16.4. The van der Waals surface area contributed by atoms with Gasteiger partial charge < -0.3 is 15.7 Å². The Hall–Kier alpha value is -3.27. The van der Waals surface area contributed by atoms with E-state index in [4.69, 9.17) is 0 Å². The fraction of sp³-hybridized carbons (Fsp3) is 0. The maximum atomic E-state index is 11.2. The molecule has 0 fully saturated rings. The van der Waals surface area contributed by atoms with Crippen molar-refractivity contribution in [3.8, 4) is 0 Å². The van der Waals surface area contributed by atoms with Gasteiger partial charge in [-0.25, -0.2) is 4.79 Å². The molecule has 0 saturated heterocycles. The Morgan fingerprint density at radius 1 is 0.652 bits per heavy atom. The Balaban J connectivity index is 1.74. The number of carboxylic acid groups (broad SMARTS) is 1. The summed E-state index contributed by atoms with van der Waals surface area (Å²) in [5.74, 6) is -0.949. The van der Waals surface area contributed by atoms with Crippen LogP contribution in [-0.4, -0.2) is 11.1 Å². The van der Waals surface area contributed by atoms with Crippen LogP contribution >= 0.6 is 0 Å². The molecule has 0 saturated carbocycles. The minimum absolute atomic E-state index is 0.249. The van der Waals surface area contributed by atoms with Crippen molar-refractivity contribution in [3.05, 3.63) is 84.4 Å². The van der Waals surface area contributed by atoms with Crippen LogP contribution in [0.1, 0.15) is 10.4 Å². The lowest BCUT2D eigenvalue weighted by Gasteiger charge is -2.11. The van der Waals surface area contributed by atoms with Crippen LogP contribution in [-0.2, 0) is 0 Å². The van der Waals surface area contributed by atoms with E-state index in [9.17, 15) is 9.90 Å². The van der Waals surface area contributed by atoms with Crippen molar-refractivity contribution in [2.75, 3.05) is 10.6 Å². The first-order valence-corrected chi connectivity index (χ1v) is 7.24. The Kier molecular flexibility index (Phi) is 4.25. The average Bonchev–Trinajstić information content (AvgIpc) is 2.58. The SMILES string of the molecule is O=C(O)c1ccccc1Nc1ccc(Nc2ccccc2)cc1. The van der Waals surface area contributed by atoms with Crippen LogP contribution in [0.15, 0.2) is 78.9 Å². The van der Waals surface area contributed by atoms with E-state index in [2.05, 4.69) is 10.6 Å². The van der Waals surface area contributed by atoms with E-state index in [0.29, 0.717) is 5.69 Å². The maximum absolute atomic E-state index is 11.2. The van der Waals surface area contributed by atoms with E-state index in [1.807, 2.05) is 54.6 Å². The summed E-state index contributed by atoms with van der Waals surface area (Å²) in [7, 11) is 0. The molecule has 0 heterocycles. The summed E-state index contributed by atoms with van der Waals surface area (Å²) < 4.78 is 0. The third-order valence-corrected chi connectivity index (χ3v) is 3.38. The Morgan fingerprint density at radius 3 is 1.83 bits per heavy atom. The number of carbonyl (C=O) groups is 1. The van der Waals surface area contributed by atoms with Crippen molar-refractivity contribution in [2.45, 2.75) is 0 Å². The molecular formula is C19H16N2O2. The number of para-hydroxylation sites is 2. The zero-order valence-electron chi connectivity index (χ0n) is 12.4. The van der Waals surface area contributed by atoms with Gasteiger partial charge in [0.05, 0.1) is 11.3 Å². The molecule has 3 aromatic carbocycles. The van der Waals surface area contributed by atoms with E-state index in [1.54, 1.807) is 24.3 Å². The smallest absolute Gasteiger partial charge is 0.337 e. The topological polar surface area (TPSA) is 61.4 Å². The van der Waals surface area contributed by atoms with Crippen molar-refractivity contribution in [1.82, 2.24) is 0 Å². The fourth-order valence-corrected chi connectivity index (χ4v) is 2.26. The minimum Gasteiger partial charge on any atom is -0.478 e. The van der Waals surface area contributed by atoms with E-state index >= 15 is 0 Å². The molecule has 23 heavy (non-hydrogen) atoms. The lowest BCUT2D eigenvalue weighted by molar-refractivity contribution is 0.0698. The molecule has 4 nitrogen and oxygen atoms in total. The second kappa shape index (κ2) is 6.66. The first-order chi connectivity index (χ1) is 11.2. The van der Waals surface area contributed by atoms with Crippen molar-refractivity contribution >= 4 is 28.7 Å². The highest BCUT2D eigenvalue weighted by Gasteiger charge is 2.08. The normalized spacial score (nSPS) is 10.1. The maximum Gasteiger partial charge on any atom is 0.337 e. The molecule has 114 valence electrons. The summed E-state index contributed by atoms with van der Waals surface area (Å²) in [6.45, 7) is 0. The third kappa shape index (κ3) is 3.68. The van der Waals surface area contributed by atoms with Crippen LogP contribution in [0.2, 0.25) is 0 Å². The summed E-state index contributed by atoms with van der Waals surface area (Å²) in [5, 5.41) is 15.6. The summed E-state index contributed by atoms with van der Waals surface area (Å²) >= 11 is 0. The van der Waals surface area contributed by atoms with Crippen LogP contribution in [0.4, 0.5) is 22.7 Å². The second-order valence-corrected chi connectivity index (χ2v) is 5.04. The van der Waals surface area contributed by atoms with Gasteiger partial charge in [-0.15, -0.1) is 0 Å². The molecule has 0 amide bonds. The van der Waals surface area contributed by atoms with Gasteiger partial charge in [0.15, 0.2) is 0 Å². The van der Waals surface area contributed by atoms with Gasteiger partial charge in [-0.05, 0) is 48.5 Å². The Morgan fingerprint density at radius 2 is 1.17 bits per heavy atom. The largest absolute Gasteiger partial charge is 0.478 e. The number of nitrogens with one attached hydrogen (secondary N) is 2. The summed E-state index contributed by atoms with van der Waals surface area (Å²) in [4.78, 5) is 11.2. The second-order valence-electron chi connectivity index (χ2n) is 5.04. The first kappa shape index (κ1) is 14.7. The molecule has 3 aromatic rings. The van der Waals surface area contributed by atoms with Crippen molar-refractivity contribution in [1.29, 1.82) is 0 Å². The number of hydrogen-bond acceptors (Lipinski definition) is 3. The van der Waals surface area contributed by atoms with Crippen molar-refractivity contribution in [2.24, 2.45) is 0 Å². The van der Waals surface area contributed by atoms with E-state index in [0.717, 1.165) is 17.1 Å². The van der Waals surface area contributed by atoms with Gasteiger partial charge >= 0.3 is 5.97 Å². The summed E-state index contributed by atoms with van der Waals surface area (Å²) in [6.07, 6.45) is 0. The monoisotopic (exact) mass is 304 g/mol. The van der Waals surface area contributed by atoms with Gasteiger partial charge in [0, 0.05) is 17.1 Å². The molecule has 0 spiro atoms. The molecule has 0 aliphatic rings. The number of aromatic carboxylic acids is 1. The first-order valence-electron chi connectivity index (χ1n) is 7.24. The van der Waals surface area contributed by atoms with Gasteiger partial charge in [0.1, 0.15) is 0 Å². The van der Waals surface area contributed by atoms with Crippen LogP contribution in [0.3, 0.4) is 0 Å². The Labute approximate surface area is 134 Å². The molecule has 3 rings (SSSR count). The molecule has 0 atom stereocenters. The van der Waals surface area contributed by atoms with Crippen LogP contribution in [0.25, 0.3) is 0 Å². The number of carboxylic acids is 1. The zero-order valence-corrected chi connectivity index (χ0v) is 12.4. The average molecular weight is 304 g/mol. The molecule has 0 aliphatic heterocycles. The third-order valence-electron chi connectivity index (χ3n) is 3.38. The van der Waals surface area contributed by atoms with Crippen molar-refractivity contribution < 1.29 is 9.90 Å². The lowest BCUT2D eigenvalue weighted by atomic mass is 10.1. The van der Waals surface area contributed by atoms with E-state index in [1.165, 1.54) is 0 Å². The number of hydrogen-bond donors (Lipinski definition) is 3. The van der Waals surface area contributed by atoms with E-state index in [-0.39, 0.29) is 5.56 Å². The predicted octanol–water partition coefficient (Wildman–Crippen LogP) is 4.87. The summed E-state index contributed by atoms with van der Waals surface area (Å²) in [5.41, 5.74) is 3.64. The van der Waals surface area contributed by atoms with Crippen LogP contribution in [0.5, 0.6) is 0 Å². The number of anilines is 4. The van der Waals surface area contributed by atoms with E-state index < -0.39 is 5.97 Å². The summed E-state index contributed by atoms with van der Waals surface area (Å²) in [6, 6.07) is 24.5. The Bertz CT molecular complexity index is 799. The van der Waals surface area contributed by atoms with Crippen LogP contribution < -0.4 is 10.6 Å². The van der Waals surface area contributed by atoms with Gasteiger partial charge in [-0.2, -0.15) is 0 Å². The fourth-order valence-electron chi connectivity index (χ4n) is 2.26. The molecule has 0 aliphatic carbocycles. The standard InChI is InChI=1S/C19H16N2O2/c22-19(23)17-8-4-5-9-18(17)21-16-12-10-15(11-13-16)20-14-6-2-1-3-7-14/h1-13,20-21H,(H,22,23). The number of rotatable bonds is 5. The zero-order chi connectivity index (χ0) is 16.1. The van der Waals surface area contributed by atoms with Crippen molar-refractivity contribution in [3.63, 3.8) is 0 Å². The van der Waals surface area contributed by atoms with Gasteiger partial charge in [-0.3, -0.25) is 0 Å². The predicted molar refractivity (Wildman–Crippen MR) is 92.9 cm³/mol. The van der Waals surface area contributed by atoms with Gasteiger partial charge in [-0.1, -0.05) is 30.3 Å². The highest BCUT2D eigenvalue weighted by molar-refractivity contribution is 5.95. The number of benzene rings is 3. The molecular weight excluding hydrogens is 288 g/mol. The molecule has 0 unspecified atom stereocenters. The molecule has 0 aromatic heterocycles. The molecule has 3 N–H and O–H groups in total. The minimum atomic E-state index is -0.949. The molecule has 0 bridgehead atoms. The molecule has 4 heteroatoms. The molecule has 0 radical (unpaired) electrons. The lowest BCUT2D eigenvalue weighted by Crippen LogP contribution is -2.02.